The summed E-state index contributed by atoms with van der Waals surface area (Å²) >= 11 is 0. The Morgan fingerprint density at radius 1 is 0.933 bits per heavy atom. The molecular formula is C25H35N2O3+. The topological polar surface area (TPSA) is 46.6 Å². The first-order chi connectivity index (χ1) is 14.1. The first-order valence-corrected chi connectivity index (χ1v) is 10.8. The number of amides is 2. The summed E-state index contributed by atoms with van der Waals surface area (Å²) in [5, 5.41) is 0. The summed E-state index contributed by atoms with van der Waals surface area (Å²) in [6.45, 7) is 9.99. The summed E-state index contributed by atoms with van der Waals surface area (Å²) in [6, 6.07) is 10.3. The number of hydrogen-bond donors (Lipinski definition) is 0. The third-order valence-corrected chi connectivity index (χ3v) is 5.89. The van der Waals surface area contributed by atoms with Gasteiger partial charge in [-0.3, -0.25) is 14.5 Å². The number of allylic oxidation sites excluding steroid dienone is 2. The summed E-state index contributed by atoms with van der Waals surface area (Å²) in [6.07, 6.45) is 3.30. The molecule has 2 fully saturated rings. The van der Waals surface area contributed by atoms with Crippen LogP contribution in [0.4, 0.5) is 0 Å². The number of ether oxygens (including phenoxy) is 1. The van der Waals surface area contributed by atoms with Crippen molar-refractivity contribution >= 4 is 11.8 Å². The number of rotatable bonds is 7. The molecule has 1 aromatic rings. The quantitative estimate of drug-likeness (QED) is 0.392. The highest BCUT2D eigenvalue weighted by atomic mass is 16.5. The molecule has 162 valence electrons. The minimum absolute atomic E-state index is 0.0862. The third-order valence-electron chi connectivity index (χ3n) is 5.89. The van der Waals surface area contributed by atoms with Crippen LogP contribution in [0.5, 0.6) is 0 Å². The van der Waals surface area contributed by atoms with Crippen molar-refractivity contribution in [2.24, 2.45) is 11.8 Å². The third kappa shape index (κ3) is 4.90. The Hall–Kier alpha value is -2.24. The number of carbonyl (C=O) groups excluding carboxylic acids is 2. The molecule has 2 aliphatic rings. The lowest BCUT2D eigenvalue weighted by Gasteiger charge is -2.31. The van der Waals surface area contributed by atoms with Crippen LogP contribution in [0, 0.1) is 11.8 Å². The molecule has 3 rings (SSSR count). The van der Waals surface area contributed by atoms with Crippen molar-refractivity contribution < 1.29 is 18.8 Å². The van der Waals surface area contributed by atoms with E-state index in [9.17, 15) is 9.59 Å². The Morgan fingerprint density at radius 3 is 1.90 bits per heavy atom. The van der Waals surface area contributed by atoms with Crippen LogP contribution in [0.25, 0.3) is 0 Å². The molecule has 0 aliphatic carbocycles. The molecule has 0 bridgehead atoms. The summed E-state index contributed by atoms with van der Waals surface area (Å²) in [5.41, 5.74) is 3.44. The minimum Gasteiger partial charge on any atom is -0.365 e. The maximum absolute atomic E-state index is 13.3. The number of benzene rings is 1. The monoisotopic (exact) mass is 411 g/mol. The van der Waals surface area contributed by atoms with Gasteiger partial charge in [0.15, 0.2) is 0 Å². The largest absolute Gasteiger partial charge is 0.365 e. The van der Waals surface area contributed by atoms with E-state index in [0.717, 1.165) is 17.7 Å². The van der Waals surface area contributed by atoms with E-state index in [1.54, 1.807) is 0 Å². The predicted molar refractivity (Wildman–Crippen MR) is 118 cm³/mol. The molecule has 5 nitrogen and oxygen atoms in total. The van der Waals surface area contributed by atoms with Gasteiger partial charge in [0.2, 0.25) is 11.8 Å². The van der Waals surface area contributed by atoms with Gasteiger partial charge in [0.1, 0.15) is 6.54 Å². The average Bonchev–Trinajstić information content (AvgIpc) is 3.09. The highest BCUT2D eigenvalue weighted by Gasteiger charge is 2.58. The van der Waals surface area contributed by atoms with E-state index in [1.807, 2.05) is 58.0 Å². The van der Waals surface area contributed by atoms with Crippen molar-refractivity contribution in [3.63, 3.8) is 0 Å². The van der Waals surface area contributed by atoms with Crippen LogP contribution < -0.4 is 0 Å². The standard InChI is InChI=1S/C25H35N2O3/c1-17(2)14-20-22-23(21(30-20)15-18(3)4)25(29)26(24(22)28)12-13-27(5,6)16-19-10-8-7-9-11-19/h7-11,14-15,20-23H,12-13,16H2,1-6H3/q+1. The van der Waals surface area contributed by atoms with Gasteiger partial charge in [0.25, 0.3) is 0 Å². The Labute approximate surface area is 180 Å². The molecule has 0 saturated carbocycles. The molecule has 4 atom stereocenters. The van der Waals surface area contributed by atoms with Crippen LogP contribution in [0.2, 0.25) is 0 Å². The van der Waals surface area contributed by atoms with Gasteiger partial charge in [0.05, 0.1) is 51.2 Å². The fourth-order valence-electron chi connectivity index (χ4n) is 4.51. The van der Waals surface area contributed by atoms with Crippen LogP contribution in [0.15, 0.2) is 53.6 Å². The number of imide groups is 1. The fourth-order valence-corrected chi connectivity index (χ4v) is 4.51. The van der Waals surface area contributed by atoms with Crippen molar-refractivity contribution in [1.29, 1.82) is 0 Å². The van der Waals surface area contributed by atoms with Gasteiger partial charge < -0.3 is 9.22 Å². The number of hydrogen-bond acceptors (Lipinski definition) is 3. The van der Waals surface area contributed by atoms with Gasteiger partial charge in [-0.1, -0.05) is 53.6 Å². The Bertz CT molecular complexity index is 806. The molecule has 2 saturated heterocycles. The molecule has 2 aliphatic heterocycles. The molecule has 2 amide bonds. The molecule has 0 N–H and O–H groups in total. The molecule has 5 heteroatoms. The van der Waals surface area contributed by atoms with Crippen LogP contribution in [0.1, 0.15) is 33.3 Å². The SMILES string of the molecule is CC(C)=CC1OC(C=C(C)C)C2C(=O)N(CC[N+](C)(C)Cc3ccccc3)C(=O)C12. The maximum atomic E-state index is 13.3. The van der Waals surface area contributed by atoms with E-state index in [1.165, 1.54) is 10.5 Å². The zero-order valence-electron chi connectivity index (χ0n) is 19.1. The molecule has 4 unspecified atom stereocenters. The molecule has 30 heavy (non-hydrogen) atoms. The Balaban J connectivity index is 1.76. The van der Waals surface area contributed by atoms with Crippen LogP contribution >= 0.6 is 0 Å². The summed E-state index contributed by atoms with van der Waals surface area (Å²) in [5.74, 6) is -1.01. The lowest BCUT2D eigenvalue weighted by atomic mass is 9.88. The maximum Gasteiger partial charge on any atom is 0.236 e. The van der Waals surface area contributed by atoms with Crippen molar-refractivity contribution in [1.82, 2.24) is 4.90 Å². The van der Waals surface area contributed by atoms with E-state index in [-0.39, 0.29) is 24.0 Å². The first-order valence-electron chi connectivity index (χ1n) is 10.8. The highest BCUT2D eigenvalue weighted by Crippen LogP contribution is 2.42. The van der Waals surface area contributed by atoms with Gasteiger partial charge in [-0.25, -0.2) is 0 Å². The number of likely N-dealkylation sites (N-methyl/N-ethyl adjacent to an activating group) is 1. The lowest BCUT2D eigenvalue weighted by molar-refractivity contribution is -0.902. The van der Waals surface area contributed by atoms with Gasteiger partial charge in [-0.15, -0.1) is 0 Å². The second-order valence-corrected chi connectivity index (χ2v) is 9.74. The second-order valence-electron chi connectivity index (χ2n) is 9.74. The van der Waals surface area contributed by atoms with E-state index >= 15 is 0 Å². The Morgan fingerprint density at radius 2 is 1.43 bits per heavy atom. The smallest absolute Gasteiger partial charge is 0.236 e. The van der Waals surface area contributed by atoms with Crippen molar-refractivity contribution in [3.05, 3.63) is 59.2 Å². The second kappa shape index (κ2) is 8.86. The van der Waals surface area contributed by atoms with Crippen molar-refractivity contribution in [3.8, 4) is 0 Å². The highest BCUT2D eigenvalue weighted by molar-refractivity contribution is 6.06. The zero-order valence-corrected chi connectivity index (χ0v) is 19.1. The van der Waals surface area contributed by atoms with E-state index in [2.05, 4.69) is 26.2 Å². The van der Waals surface area contributed by atoms with Crippen molar-refractivity contribution in [2.45, 2.75) is 46.4 Å². The summed E-state index contributed by atoms with van der Waals surface area (Å²) in [4.78, 5) is 28.0. The molecule has 0 spiro atoms. The number of quaternary nitrogens is 1. The summed E-state index contributed by atoms with van der Waals surface area (Å²) < 4.78 is 6.85. The molecule has 0 radical (unpaired) electrons. The lowest BCUT2D eigenvalue weighted by Crippen LogP contribution is -2.47. The van der Waals surface area contributed by atoms with Gasteiger partial charge >= 0.3 is 0 Å². The molecule has 0 aromatic heterocycles. The first kappa shape index (κ1) is 22.4. The average molecular weight is 412 g/mol. The van der Waals surface area contributed by atoms with Crippen LogP contribution in [0.3, 0.4) is 0 Å². The Kier molecular flexibility index (Phi) is 6.63. The minimum atomic E-state index is -0.419. The van der Waals surface area contributed by atoms with E-state index < -0.39 is 11.8 Å². The van der Waals surface area contributed by atoms with E-state index in [4.69, 9.17) is 4.74 Å². The summed E-state index contributed by atoms with van der Waals surface area (Å²) in [7, 11) is 4.28. The van der Waals surface area contributed by atoms with Gasteiger partial charge in [-0.2, -0.15) is 0 Å². The van der Waals surface area contributed by atoms with E-state index in [0.29, 0.717) is 17.6 Å². The van der Waals surface area contributed by atoms with Crippen LogP contribution in [-0.2, 0) is 20.9 Å². The fraction of sp³-hybridized carbons (Fsp3) is 0.520. The molecule has 2 heterocycles. The van der Waals surface area contributed by atoms with Gasteiger partial charge in [-0.05, 0) is 27.7 Å². The number of likely N-dealkylation sites (tertiary alicyclic amines) is 1. The number of nitrogens with zero attached hydrogens (tertiary/aromatic N) is 2. The number of fused-ring (bicyclic) bond motifs is 1. The molecular weight excluding hydrogens is 376 g/mol. The zero-order chi connectivity index (χ0) is 22.1. The van der Waals surface area contributed by atoms with Crippen molar-refractivity contribution in [2.75, 3.05) is 27.2 Å². The van der Waals surface area contributed by atoms with Crippen LogP contribution in [-0.4, -0.2) is 60.6 Å². The molecule has 1 aromatic carbocycles. The normalized spacial score (nSPS) is 26.0. The number of carbonyl (C=O) groups is 2. The van der Waals surface area contributed by atoms with Gasteiger partial charge in [0, 0.05) is 5.56 Å². The predicted octanol–water partition coefficient (Wildman–Crippen LogP) is 3.56.